The van der Waals surface area contributed by atoms with Gasteiger partial charge in [0.05, 0.1) is 33.2 Å². The standard InChI is InChI=1S/C25H25N5O2S2/c1-3-4-5-6-15-32-21-13-11-20(12-14-21)28-27-18-7-9-19(10-8-18)29-30-25-26-24-23(34-25)16-22(33-24)17(2)31/h7-14,16H,3-6,15H2,1-2H3. The molecule has 4 rings (SSSR count). The molecule has 0 fully saturated rings. The molecule has 0 amide bonds. The zero-order valence-corrected chi connectivity index (χ0v) is 20.7. The molecule has 0 spiro atoms. The Kier molecular flexibility index (Phi) is 8.21. The molecule has 34 heavy (non-hydrogen) atoms. The second kappa shape index (κ2) is 11.7. The molecule has 7 nitrogen and oxygen atoms in total. The molecule has 2 aromatic heterocycles. The van der Waals surface area contributed by atoms with E-state index in [1.165, 1.54) is 41.9 Å². The first-order valence-electron chi connectivity index (χ1n) is 11.2. The van der Waals surface area contributed by atoms with Crippen molar-refractivity contribution in [3.05, 3.63) is 59.5 Å². The van der Waals surface area contributed by atoms with Crippen LogP contribution in [0, 0.1) is 0 Å². The Labute approximate surface area is 206 Å². The number of aromatic nitrogens is 1. The fraction of sp³-hybridized carbons (Fsp3) is 0.280. The zero-order valence-electron chi connectivity index (χ0n) is 19.1. The van der Waals surface area contributed by atoms with Crippen LogP contribution >= 0.6 is 22.7 Å². The van der Waals surface area contributed by atoms with Gasteiger partial charge in [-0.2, -0.15) is 10.2 Å². The van der Waals surface area contributed by atoms with Crippen LogP contribution in [0.4, 0.5) is 22.2 Å². The number of thiophene rings is 1. The fourth-order valence-electron chi connectivity index (χ4n) is 3.07. The lowest BCUT2D eigenvalue weighted by molar-refractivity contribution is 0.102. The van der Waals surface area contributed by atoms with Crippen LogP contribution in [0.1, 0.15) is 49.2 Å². The van der Waals surface area contributed by atoms with Crippen molar-refractivity contribution in [3.8, 4) is 5.75 Å². The van der Waals surface area contributed by atoms with Crippen LogP contribution in [0.25, 0.3) is 9.53 Å². The van der Waals surface area contributed by atoms with Crippen molar-refractivity contribution >= 4 is 60.2 Å². The highest BCUT2D eigenvalue weighted by molar-refractivity contribution is 7.29. The largest absolute Gasteiger partial charge is 0.494 e. The summed E-state index contributed by atoms with van der Waals surface area (Å²) in [7, 11) is 0. The predicted molar refractivity (Wildman–Crippen MR) is 138 cm³/mol. The monoisotopic (exact) mass is 491 g/mol. The Morgan fingerprint density at radius 2 is 1.47 bits per heavy atom. The van der Waals surface area contributed by atoms with E-state index in [2.05, 4.69) is 32.4 Å². The topological polar surface area (TPSA) is 88.6 Å². The first-order chi connectivity index (χ1) is 16.6. The maximum absolute atomic E-state index is 11.5. The third-order valence-corrected chi connectivity index (χ3v) is 7.06. The highest BCUT2D eigenvalue weighted by Gasteiger charge is 2.10. The molecule has 0 saturated carbocycles. The number of hydrogen-bond donors (Lipinski definition) is 0. The van der Waals surface area contributed by atoms with Gasteiger partial charge in [-0.05, 0) is 67.9 Å². The van der Waals surface area contributed by atoms with E-state index in [9.17, 15) is 4.79 Å². The van der Waals surface area contributed by atoms with E-state index >= 15 is 0 Å². The average Bonchev–Trinajstić information content (AvgIpc) is 3.42. The van der Waals surface area contributed by atoms with Gasteiger partial charge in [0.1, 0.15) is 10.6 Å². The highest BCUT2D eigenvalue weighted by Crippen LogP contribution is 2.35. The van der Waals surface area contributed by atoms with E-state index in [1.807, 2.05) is 54.6 Å². The summed E-state index contributed by atoms with van der Waals surface area (Å²) in [5, 5.41) is 17.6. The number of azo groups is 2. The summed E-state index contributed by atoms with van der Waals surface area (Å²) in [6.45, 7) is 4.50. The van der Waals surface area contributed by atoms with Crippen LogP contribution in [0.5, 0.6) is 5.75 Å². The minimum absolute atomic E-state index is 0.0508. The first-order valence-corrected chi connectivity index (χ1v) is 12.8. The lowest BCUT2D eigenvalue weighted by Crippen LogP contribution is -1.96. The van der Waals surface area contributed by atoms with Gasteiger partial charge in [0.25, 0.3) is 0 Å². The van der Waals surface area contributed by atoms with Gasteiger partial charge in [0.15, 0.2) is 5.78 Å². The minimum Gasteiger partial charge on any atom is -0.494 e. The fourth-order valence-corrected chi connectivity index (χ4v) is 5.00. The number of benzene rings is 2. The van der Waals surface area contributed by atoms with E-state index in [1.54, 1.807) is 6.92 Å². The van der Waals surface area contributed by atoms with Crippen LogP contribution in [0.3, 0.4) is 0 Å². The third kappa shape index (κ3) is 6.61. The number of carbonyl (C=O) groups is 1. The van der Waals surface area contributed by atoms with Crippen LogP contribution in [-0.4, -0.2) is 17.4 Å². The molecule has 0 radical (unpaired) electrons. The van der Waals surface area contributed by atoms with Crippen molar-refractivity contribution < 1.29 is 9.53 Å². The molecule has 0 N–H and O–H groups in total. The molecular formula is C25H25N5O2S2. The van der Waals surface area contributed by atoms with E-state index in [0.29, 0.717) is 15.7 Å². The second-order valence-corrected chi connectivity index (χ2v) is 9.69. The van der Waals surface area contributed by atoms with Crippen LogP contribution in [0.15, 0.2) is 75.1 Å². The number of fused-ring (bicyclic) bond motifs is 1. The van der Waals surface area contributed by atoms with Gasteiger partial charge >= 0.3 is 0 Å². The smallest absolute Gasteiger partial charge is 0.231 e. The summed E-state index contributed by atoms with van der Waals surface area (Å²) in [5.74, 6) is 0.902. The van der Waals surface area contributed by atoms with Crippen molar-refractivity contribution in [1.29, 1.82) is 0 Å². The lowest BCUT2D eigenvalue weighted by atomic mass is 10.2. The van der Waals surface area contributed by atoms with Crippen molar-refractivity contribution in [2.75, 3.05) is 6.61 Å². The molecule has 0 aliphatic rings. The van der Waals surface area contributed by atoms with Crippen molar-refractivity contribution in [2.24, 2.45) is 20.5 Å². The summed E-state index contributed by atoms with van der Waals surface area (Å²) < 4.78 is 6.71. The van der Waals surface area contributed by atoms with Gasteiger partial charge in [0, 0.05) is 0 Å². The first kappa shape index (κ1) is 23.8. The minimum atomic E-state index is 0.0508. The van der Waals surface area contributed by atoms with Crippen molar-refractivity contribution in [3.63, 3.8) is 0 Å². The highest BCUT2D eigenvalue weighted by atomic mass is 32.1. The molecule has 0 unspecified atom stereocenters. The molecule has 2 aromatic carbocycles. The Hall–Kier alpha value is -3.30. The number of unbranched alkanes of at least 4 members (excludes halogenated alkanes) is 3. The number of ketones is 1. The van der Waals surface area contributed by atoms with Gasteiger partial charge in [0.2, 0.25) is 5.13 Å². The number of rotatable bonds is 11. The number of ether oxygens (including phenoxy) is 1. The number of carbonyl (C=O) groups excluding carboxylic acids is 1. The number of thiazole rings is 1. The molecule has 174 valence electrons. The Balaban J connectivity index is 1.30. The summed E-state index contributed by atoms with van der Waals surface area (Å²) >= 11 is 2.79. The van der Waals surface area contributed by atoms with Gasteiger partial charge < -0.3 is 4.74 Å². The number of hydrogen-bond acceptors (Lipinski definition) is 9. The average molecular weight is 492 g/mol. The Bertz CT molecular complexity index is 1260. The van der Waals surface area contributed by atoms with Gasteiger partial charge in [-0.1, -0.05) is 37.5 Å². The maximum atomic E-state index is 11.5. The Morgan fingerprint density at radius 3 is 2.06 bits per heavy atom. The van der Waals surface area contributed by atoms with Crippen LogP contribution in [-0.2, 0) is 0 Å². The van der Waals surface area contributed by atoms with Gasteiger partial charge in [-0.15, -0.1) is 21.6 Å². The summed E-state index contributed by atoms with van der Waals surface area (Å²) in [6.07, 6.45) is 4.76. The number of Topliss-reactive ketones (excluding diaryl/α,β-unsaturated/α-hetero) is 1. The predicted octanol–water partition coefficient (Wildman–Crippen LogP) is 9.35. The lowest BCUT2D eigenvalue weighted by Gasteiger charge is -2.05. The number of nitrogens with zero attached hydrogens (tertiary/aromatic N) is 5. The van der Waals surface area contributed by atoms with Crippen LogP contribution < -0.4 is 4.74 Å². The van der Waals surface area contributed by atoms with E-state index < -0.39 is 0 Å². The SMILES string of the molecule is CCCCCCOc1ccc(N=Nc2ccc(N=Nc3nc4sc(C(C)=O)cc4s3)cc2)cc1. The molecule has 4 aromatic rings. The molecule has 0 atom stereocenters. The molecule has 0 bridgehead atoms. The zero-order chi connectivity index (χ0) is 23.8. The molecule has 0 aliphatic carbocycles. The van der Waals surface area contributed by atoms with E-state index in [-0.39, 0.29) is 5.78 Å². The van der Waals surface area contributed by atoms with Gasteiger partial charge in [-0.3, -0.25) is 4.79 Å². The quantitative estimate of drug-likeness (QED) is 0.119. The molecule has 0 saturated heterocycles. The summed E-state index contributed by atoms with van der Waals surface area (Å²) in [5.41, 5.74) is 2.18. The van der Waals surface area contributed by atoms with Gasteiger partial charge in [-0.25, -0.2) is 4.98 Å². The molecule has 2 heterocycles. The van der Waals surface area contributed by atoms with Crippen molar-refractivity contribution in [1.82, 2.24) is 4.98 Å². The second-order valence-electron chi connectivity index (χ2n) is 7.65. The normalized spacial score (nSPS) is 11.7. The van der Waals surface area contributed by atoms with E-state index in [4.69, 9.17) is 4.74 Å². The summed E-state index contributed by atoms with van der Waals surface area (Å²) in [4.78, 5) is 17.4. The van der Waals surface area contributed by atoms with Crippen molar-refractivity contribution in [2.45, 2.75) is 39.5 Å². The molecule has 0 aliphatic heterocycles. The molecular weight excluding hydrogens is 466 g/mol. The van der Waals surface area contributed by atoms with Crippen LogP contribution in [0.2, 0.25) is 0 Å². The maximum Gasteiger partial charge on any atom is 0.231 e. The van der Waals surface area contributed by atoms with E-state index in [0.717, 1.165) is 39.7 Å². The molecule has 9 heteroatoms. The third-order valence-electron chi connectivity index (χ3n) is 4.91. The summed E-state index contributed by atoms with van der Waals surface area (Å²) in [6, 6.07) is 16.8. The Morgan fingerprint density at radius 1 is 0.853 bits per heavy atom.